The minimum atomic E-state index is -0.983. The van der Waals surface area contributed by atoms with Crippen LogP contribution in [0, 0.1) is 5.53 Å². The second-order valence-electron chi connectivity index (χ2n) is 24.2. The summed E-state index contributed by atoms with van der Waals surface area (Å²) in [6, 6.07) is 6.89. The van der Waals surface area contributed by atoms with Crippen LogP contribution in [0.15, 0.2) is 104 Å². The van der Waals surface area contributed by atoms with Gasteiger partial charge in [-0.25, -0.2) is 14.4 Å². The van der Waals surface area contributed by atoms with E-state index in [4.69, 9.17) is 50.3 Å². The number of allylic oxidation sites excluding steroid dienone is 3. The van der Waals surface area contributed by atoms with Crippen LogP contribution in [0.2, 0.25) is 0 Å². The minimum Gasteiger partial charge on any atom is -0.481 e. The van der Waals surface area contributed by atoms with E-state index in [9.17, 15) is 38.4 Å². The normalized spacial score (nSPS) is 11.5. The number of carboxylic acids is 2. The van der Waals surface area contributed by atoms with E-state index in [0.29, 0.717) is 99.1 Å². The molecule has 0 saturated carbocycles. The van der Waals surface area contributed by atoms with Crippen molar-refractivity contribution in [2.24, 2.45) is 15.1 Å². The lowest BCUT2D eigenvalue weighted by Crippen LogP contribution is -2.24. The Morgan fingerprint density at radius 3 is 1.25 bits per heavy atom. The van der Waals surface area contributed by atoms with Crippen LogP contribution < -0.4 is 5.73 Å². The van der Waals surface area contributed by atoms with Crippen LogP contribution in [0.25, 0.3) is 0 Å². The minimum absolute atomic E-state index is 0. The molecule has 0 atom stereocenters. The Morgan fingerprint density at radius 1 is 0.557 bits per heavy atom. The van der Waals surface area contributed by atoms with Gasteiger partial charge in [0.25, 0.3) is 0 Å². The molecule has 548 valence electrons. The fraction of sp³-hybridized carbons (Fsp3) is 0.562. The molecule has 97 heavy (non-hydrogen) atoms. The maximum Gasteiger partial charge on any atom is 0.354 e. The first-order chi connectivity index (χ1) is 44.4. The summed E-state index contributed by atoms with van der Waals surface area (Å²) in [7, 11) is 2.73. The fourth-order valence-corrected chi connectivity index (χ4v) is 10.1. The van der Waals surface area contributed by atoms with Gasteiger partial charge in [0, 0.05) is 122 Å². The Labute approximate surface area is 624 Å². The zero-order valence-electron chi connectivity index (χ0n) is 56.7. The number of carbonyl (C=O) groups excluding carboxylic acids is 6. The Hall–Kier alpha value is -5.51. The number of alkyl halides is 1. The summed E-state index contributed by atoms with van der Waals surface area (Å²) in [5.41, 5.74) is 12.0. The molecule has 4 aromatic heterocycles. The zero-order chi connectivity index (χ0) is 74.2. The predicted molar refractivity (Wildman–Crippen MR) is 392 cm³/mol. The molecule has 0 aliphatic heterocycles. The first-order valence-electron chi connectivity index (χ1n) is 29.7. The summed E-state index contributed by atoms with van der Waals surface area (Å²) in [4.78, 5) is 89.2. The number of aromatic nitrogens is 4. The Kier molecular flexibility index (Phi) is 49.2. The average Bonchev–Trinajstić information content (AvgIpc) is 1.76. The molecule has 26 nitrogen and oxygen atoms in total. The number of nitrogens with two attached hydrogens (primary N) is 1. The van der Waals surface area contributed by atoms with Crippen molar-refractivity contribution in [3.8, 4) is 0 Å². The number of carbonyl (C=O) groups is 8. The van der Waals surface area contributed by atoms with Crippen molar-refractivity contribution in [1.82, 2.24) is 18.3 Å². The number of rotatable bonds is 24. The van der Waals surface area contributed by atoms with Gasteiger partial charge in [0.2, 0.25) is 0 Å². The number of hydrogen-bond donors (Lipinski definition) is 5. The van der Waals surface area contributed by atoms with Crippen molar-refractivity contribution < 1.29 is 82.1 Å². The monoisotopic (exact) mass is 1770 g/mol. The smallest absolute Gasteiger partial charge is 0.354 e. The summed E-state index contributed by atoms with van der Waals surface area (Å²) in [5, 5.41) is 32.5. The van der Waals surface area contributed by atoms with E-state index < -0.39 is 34.7 Å². The van der Waals surface area contributed by atoms with E-state index >= 15 is 0 Å². The molecular weight excluding hydrogens is 1680 g/mol. The number of nitrogens with one attached hydrogen (secondary N) is 1. The molecule has 4 heterocycles. The standard InChI is InChI=1S/C14H20BrNO4.C13H18BrNO4.C13H20BrNO3.C8H11BrN2O2.C8H15BrO2.C7H7BrO2.CH4.ClHN4/c1-14(2,3)20-12(17)6-5-7-16-9-10(15)8-11(16)13(18)19-4;1-13(2,3)19-11(16)5-4-6-15-8-9(14)7-10(15)12(17)18;1-13(2,3)18-12(17)5-4-6-15-8-10(14)7-11(15)9-16;9-6-4-7(10)11(5-6)3-1-2-8(12)13;1-8(2,3)11-7(10)5-4-6-9;1-10-7(9)5-2-3-6(8)4-5;;1-3-5-4-2/h8-9H,5-7H2,1-4H3;7-8H,4-6H2,1-3H3,(H,17,18);7-8,16H,4-6,9H2,1-3H3;4-5H,1-3,10H2,(H,12,13);4-6H2,1-3H3;3-4H,2H2,1H3;1H4;2H. The fourth-order valence-electron chi connectivity index (χ4n) is 7.45. The van der Waals surface area contributed by atoms with Gasteiger partial charge in [0.15, 0.2) is 0 Å². The van der Waals surface area contributed by atoms with Gasteiger partial charge in [0.05, 0.1) is 32.6 Å². The lowest BCUT2D eigenvalue weighted by atomic mass is 10.2. The molecule has 0 radical (unpaired) electrons. The molecule has 0 bridgehead atoms. The van der Waals surface area contributed by atoms with Crippen molar-refractivity contribution in [2.75, 3.05) is 25.3 Å². The van der Waals surface area contributed by atoms with Crippen LogP contribution in [0.1, 0.15) is 188 Å². The molecule has 0 spiro atoms. The summed E-state index contributed by atoms with van der Waals surface area (Å²) in [6.07, 6.45) is 16.5. The SMILES string of the molecule is C.CC(C)(C)OC(=O)CCCBr.CC(C)(C)OC(=O)CCCn1cc(Br)cc1C(=O)O.CC(C)(C)OC(=O)CCCn1cc(Br)cc1CO.COC(=O)C1=CC(Br)=CC1.COC(=O)c1cc(Br)cn1CCCC(=O)OC(C)(C)C.N=NN=NCl.Nc1cc(Br)cn1CCCC(=O)O. The van der Waals surface area contributed by atoms with Gasteiger partial charge in [-0.15, -0.1) is 0 Å². The summed E-state index contributed by atoms with van der Waals surface area (Å²) in [5.74, 6) is -2.54. The highest BCUT2D eigenvalue weighted by Gasteiger charge is 2.21. The maximum atomic E-state index is 11.6. The third-order valence-electron chi connectivity index (χ3n) is 11.0. The second-order valence-corrected chi connectivity index (χ2v) is 29.7. The average molecular weight is 1780 g/mol. The highest BCUT2D eigenvalue weighted by molar-refractivity contribution is 9.12. The van der Waals surface area contributed by atoms with Gasteiger partial charge in [-0.2, -0.15) is 5.53 Å². The summed E-state index contributed by atoms with van der Waals surface area (Å²) < 4.78 is 44.0. The van der Waals surface area contributed by atoms with Crippen LogP contribution >= 0.6 is 107 Å². The third-order valence-corrected chi connectivity index (χ3v) is 13.9. The van der Waals surface area contributed by atoms with E-state index in [-0.39, 0.29) is 68.0 Å². The quantitative estimate of drug-likeness (QED) is 0.0143. The lowest BCUT2D eigenvalue weighted by molar-refractivity contribution is -0.156. The van der Waals surface area contributed by atoms with Crippen LogP contribution in [0.5, 0.6) is 0 Å². The molecule has 1 aliphatic carbocycles. The largest absolute Gasteiger partial charge is 0.481 e. The van der Waals surface area contributed by atoms with Crippen LogP contribution in [0.3, 0.4) is 0 Å². The van der Waals surface area contributed by atoms with Gasteiger partial charge >= 0.3 is 47.8 Å². The number of nitrogens with zero attached hydrogens (tertiary/aromatic N) is 7. The number of aliphatic carboxylic acids is 1. The summed E-state index contributed by atoms with van der Waals surface area (Å²) in [6.45, 7) is 24.5. The molecule has 5 rings (SSSR count). The predicted octanol–water partition coefficient (Wildman–Crippen LogP) is 17.2. The Balaban J connectivity index is -0.00000109. The number of hydrogen-bond acceptors (Lipinski definition) is 18. The molecule has 33 heteroatoms. The van der Waals surface area contributed by atoms with Gasteiger partial charge < -0.3 is 67.7 Å². The van der Waals surface area contributed by atoms with E-state index in [1.165, 1.54) is 20.3 Å². The molecular formula is C64H96Br6ClN9O17. The Morgan fingerprint density at radius 2 is 0.918 bits per heavy atom. The van der Waals surface area contributed by atoms with Crippen molar-refractivity contribution in [2.45, 2.75) is 216 Å². The second kappa shape index (κ2) is 49.9. The first-order valence-corrected chi connectivity index (χ1v) is 35.1. The van der Waals surface area contributed by atoms with Crippen molar-refractivity contribution in [3.63, 3.8) is 0 Å². The number of anilines is 1. The highest BCUT2D eigenvalue weighted by Crippen LogP contribution is 2.24. The first kappa shape index (κ1) is 95.7. The highest BCUT2D eigenvalue weighted by atomic mass is 79.9. The zero-order valence-corrected chi connectivity index (χ0v) is 67.0. The van der Waals surface area contributed by atoms with E-state index in [1.807, 2.05) is 117 Å². The number of aliphatic hydroxyl groups is 1. The van der Waals surface area contributed by atoms with E-state index in [2.05, 4.69) is 127 Å². The molecule has 0 aromatic carbocycles. The number of methoxy groups -OCH3 is 2. The van der Waals surface area contributed by atoms with Gasteiger partial charge in [0.1, 0.15) is 39.6 Å². The van der Waals surface area contributed by atoms with Gasteiger partial charge in [-0.05, 0) is 226 Å². The van der Waals surface area contributed by atoms with E-state index in [1.54, 1.807) is 39.7 Å². The number of nitrogen functional groups attached to an aromatic ring is 1. The lowest BCUT2D eigenvalue weighted by Gasteiger charge is -2.19. The summed E-state index contributed by atoms with van der Waals surface area (Å²) >= 11 is 24.3. The Bertz CT molecular complexity index is 3190. The number of esters is 6. The number of carboxylic acid groups (broad SMARTS) is 2. The van der Waals surface area contributed by atoms with Crippen LogP contribution in [0.4, 0.5) is 5.82 Å². The topological polar surface area (TPSA) is 359 Å². The number of ether oxygens (including phenoxy) is 6. The molecule has 0 fully saturated rings. The molecule has 0 amide bonds. The number of aromatic carboxylic acids is 1. The van der Waals surface area contributed by atoms with Crippen molar-refractivity contribution in [3.05, 3.63) is 106 Å². The maximum absolute atomic E-state index is 11.6. The number of aryl methyl sites for hydroxylation is 4. The van der Waals surface area contributed by atoms with Gasteiger partial charge in [-0.1, -0.05) is 50.0 Å². The van der Waals surface area contributed by atoms with Gasteiger partial charge in [-0.3, -0.25) is 24.0 Å². The van der Waals surface area contributed by atoms with Crippen LogP contribution in [-0.2, 0) is 90.0 Å². The van der Waals surface area contributed by atoms with Crippen molar-refractivity contribution in [1.29, 1.82) is 5.53 Å². The molecule has 0 saturated heterocycles. The number of aliphatic hydroxyl groups excluding tert-OH is 1. The third kappa shape index (κ3) is 49.6. The molecule has 4 aromatic rings. The molecule has 6 N–H and O–H groups in total. The number of halogens is 7. The van der Waals surface area contributed by atoms with Crippen LogP contribution in [-0.4, -0.2) is 123 Å². The molecule has 0 unspecified atom stereocenters. The molecule has 1 aliphatic rings. The van der Waals surface area contributed by atoms with E-state index in [0.717, 1.165) is 35.3 Å². The van der Waals surface area contributed by atoms with Crippen molar-refractivity contribution >= 4 is 161 Å².